The van der Waals surface area contributed by atoms with E-state index < -0.39 is 0 Å². The van der Waals surface area contributed by atoms with E-state index in [0.717, 1.165) is 22.5 Å². The molecule has 1 aromatic carbocycles. The van der Waals surface area contributed by atoms with E-state index in [0.29, 0.717) is 12.5 Å². The van der Waals surface area contributed by atoms with Crippen molar-refractivity contribution in [3.63, 3.8) is 0 Å². The predicted molar refractivity (Wildman–Crippen MR) is 108 cm³/mol. The smallest absolute Gasteiger partial charge is 0.241 e. The number of nitrogens with one attached hydrogen (secondary N) is 2. The maximum Gasteiger partial charge on any atom is 0.241 e. The van der Waals surface area contributed by atoms with Crippen molar-refractivity contribution in [2.75, 3.05) is 27.2 Å². The minimum atomic E-state index is 0. The monoisotopic (exact) mass is 494 g/mol. The molecule has 0 bridgehead atoms. The Balaban J connectivity index is 0.00000264. The summed E-state index contributed by atoms with van der Waals surface area (Å²) in [4.78, 5) is 17.8. The van der Waals surface area contributed by atoms with Gasteiger partial charge in [-0.15, -0.1) is 24.0 Å². The molecule has 1 fully saturated rings. The zero-order chi connectivity index (χ0) is 15.9. The van der Waals surface area contributed by atoms with Crippen LogP contribution in [0.15, 0.2) is 33.7 Å². The third-order valence-corrected chi connectivity index (χ3v) is 4.02. The van der Waals surface area contributed by atoms with Gasteiger partial charge in [0.15, 0.2) is 5.96 Å². The molecule has 0 heterocycles. The molecular formula is C16H24BrIN4O. The Labute approximate surface area is 163 Å². The molecule has 2 N–H and O–H groups in total. The van der Waals surface area contributed by atoms with E-state index in [-0.39, 0.29) is 36.4 Å². The van der Waals surface area contributed by atoms with Gasteiger partial charge in [-0.25, -0.2) is 4.99 Å². The van der Waals surface area contributed by atoms with E-state index in [1.54, 1.807) is 19.0 Å². The second kappa shape index (κ2) is 10.1. The molecule has 23 heavy (non-hydrogen) atoms. The molecule has 5 nitrogen and oxygen atoms in total. The summed E-state index contributed by atoms with van der Waals surface area (Å²) in [6.45, 7) is 1.76. The standard InChI is InChI=1S/C16H23BrN4O.HI/c1-21(2)15(22)11-20-16(18-9-12-3-4-12)19-10-13-5-7-14(17)8-6-13;/h5-8,12H,3-4,9-11H2,1-2H3,(H2,18,19,20);1H. The van der Waals surface area contributed by atoms with Gasteiger partial charge in [-0.1, -0.05) is 28.1 Å². The van der Waals surface area contributed by atoms with E-state index in [1.165, 1.54) is 12.8 Å². The average molecular weight is 495 g/mol. The highest BCUT2D eigenvalue weighted by atomic mass is 127. The maximum atomic E-state index is 11.7. The molecule has 1 aliphatic rings. The van der Waals surface area contributed by atoms with Gasteiger partial charge in [0.2, 0.25) is 5.91 Å². The third-order valence-electron chi connectivity index (χ3n) is 3.49. The zero-order valence-electron chi connectivity index (χ0n) is 13.5. The Hall–Kier alpha value is -0.830. The minimum absolute atomic E-state index is 0. The molecular weight excluding hydrogens is 471 g/mol. The minimum Gasteiger partial charge on any atom is -0.356 e. The summed E-state index contributed by atoms with van der Waals surface area (Å²) >= 11 is 3.42. The van der Waals surface area contributed by atoms with Crippen LogP contribution in [0.5, 0.6) is 0 Å². The molecule has 128 valence electrons. The topological polar surface area (TPSA) is 56.7 Å². The van der Waals surface area contributed by atoms with Crippen molar-refractivity contribution in [1.82, 2.24) is 15.5 Å². The Morgan fingerprint density at radius 3 is 2.48 bits per heavy atom. The lowest BCUT2D eigenvalue weighted by atomic mass is 10.2. The molecule has 0 atom stereocenters. The fraction of sp³-hybridized carbons (Fsp3) is 0.500. The van der Waals surface area contributed by atoms with Crippen LogP contribution >= 0.6 is 39.9 Å². The van der Waals surface area contributed by atoms with Gasteiger partial charge in [-0.3, -0.25) is 4.79 Å². The van der Waals surface area contributed by atoms with Crippen molar-refractivity contribution < 1.29 is 4.79 Å². The number of amides is 1. The number of guanidine groups is 1. The Morgan fingerprint density at radius 2 is 1.91 bits per heavy atom. The third kappa shape index (κ3) is 8.01. The second-order valence-electron chi connectivity index (χ2n) is 5.76. The van der Waals surface area contributed by atoms with Crippen LogP contribution < -0.4 is 10.6 Å². The summed E-state index contributed by atoms with van der Waals surface area (Å²) in [7, 11) is 3.50. The summed E-state index contributed by atoms with van der Waals surface area (Å²) in [6.07, 6.45) is 2.56. The first kappa shape index (κ1) is 20.2. The number of nitrogens with zero attached hydrogens (tertiary/aromatic N) is 2. The Morgan fingerprint density at radius 1 is 1.26 bits per heavy atom. The summed E-state index contributed by atoms with van der Waals surface area (Å²) < 4.78 is 1.06. The van der Waals surface area contributed by atoms with E-state index >= 15 is 0 Å². The van der Waals surface area contributed by atoms with Crippen molar-refractivity contribution in [3.05, 3.63) is 34.3 Å². The molecule has 1 aromatic rings. The lowest BCUT2D eigenvalue weighted by Gasteiger charge is -2.14. The first-order valence-corrected chi connectivity index (χ1v) is 8.30. The number of hydrogen-bond acceptors (Lipinski definition) is 2. The van der Waals surface area contributed by atoms with Gasteiger partial charge in [-0.2, -0.15) is 0 Å². The SMILES string of the molecule is CN(C)C(=O)CNC(=NCc1ccc(Br)cc1)NCC1CC1.I. The van der Waals surface area contributed by atoms with Crippen LogP contribution in [0.2, 0.25) is 0 Å². The fourth-order valence-electron chi connectivity index (χ4n) is 1.81. The first-order chi connectivity index (χ1) is 10.5. The second-order valence-corrected chi connectivity index (χ2v) is 6.67. The molecule has 0 aromatic heterocycles. The molecule has 1 aliphatic carbocycles. The number of carbonyl (C=O) groups is 1. The molecule has 0 unspecified atom stereocenters. The van der Waals surface area contributed by atoms with E-state index in [1.807, 2.05) is 24.3 Å². The van der Waals surface area contributed by atoms with Crippen molar-refractivity contribution in [3.8, 4) is 0 Å². The number of rotatable bonds is 6. The molecule has 1 amide bonds. The van der Waals surface area contributed by atoms with Crippen molar-refractivity contribution in [2.45, 2.75) is 19.4 Å². The summed E-state index contributed by atoms with van der Waals surface area (Å²) in [5.41, 5.74) is 1.13. The number of benzene rings is 1. The molecule has 7 heteroatoms. The van der Waals surface area contributed by atoms with Gasteiger partial charge in [0, 0.05) is 25.1 Å². The van der Waals surface area contributed by atoms with Crippen LogP contribution in [0.4, 0.5) is 0 Å². The van der Waals surface area contributed by atoms with Crippen LogP contribution in [-0.4, -0.2) is 44.0 Å². The quantitative estimate of drug-likeness (QED) is 0.363. The summed E-state index contributed by atoms with van der Waals surface area (Å²) in [5, 5.41) is 6.42. The average Bonchev–Trinajstić information content (AvgIpc) is 3.32. The van der Waals surface area contributed by atoms with Gasteiger partial charge in [0.25, 0.3) is 0 Å². The van der Waals surface area contributed by atoms with Crippen molar-refractivity contribution in [2.24, 2.45) is 10.9 Å². The van der Waals surface area contributed by atoms with Gasteiger partial charge in [-0.05, 0) is 36.5 Å². The van der Waals surface area contributed by atoms with Crippen LogP contribution in [0, 0.1) is 5.92 Å². The van der Waals surface area contributed by atoms with Crippen molar-refractivity contribution >= 4 is 51.8 Å². The fourth-order valence-corrected chi connectivity index (χ4v) is 2.08. The zero-order valence-corrected chi connectivity index (χ0v) is 17.4. The highest BCUT2D eigenvalue weighted by Crippen LogP contribution is 2.27. The lowest BCUT2D eigenvalue weighted by Crippen LogP contribution is -2.43. The lowest BCUT2D eigenvalue weighted by molar-refractivity contribution is -0.127. The number of carbonyl (C=O) groups excluding carboxylic acids is 1. The van der Waals surface area contributed by atoms with Crippen LogP contribution in [0.3, 0.4) is 0 Å². The molecule has 0 saturated heterocycles. The molecule has 0 spiro atoms. The van der Waals surface area contributed by atoms with E-state index in [4.69, 9.17) is 0 Å². The normalized spacial score (nSPS) is 14.0. The van der Waals surface area contributed by atoms with Crippen molar-refractivity contribution in [1.29, 1.82) is 0 Å². The van der Waals surface area contributed by atoms with Crippen LogP contribution in [0.1, 0.15) is 18.4 Å². The van der Waals surface area contributed by atoms with Gasteiger partial charge >= 0.3 is 0 Å². The number of halogens is 2. The number of likely N-dealkylation sites (N-methyl/N-ethyl adjacent to an activating group) is 1. The first-order valence-electron chi connectivity index (χ1n) is 7.51. The summed E-state index contributed by atoms with van der Waals surface area (Å²) in [5.74, 6) is 1.49. The molecule has 0 radical (unpaired) electrons. The van der Waals surface area contributed by atoms with Gasteiger partial charge in [0.1, 0.15) is 0 Å². The van der Waals surface area contributed by atoms with Gasteiger partial charge in [0.05, 0.1) is 13.1 Å². The number of aliphatic imine (C=N–C) groups is 1. The largest absolute Gasteiger partial charge is 0.356 e. The van der Waals surface area contributed by atoms with Gasteiger partial charge < -0.3 is 15.5 Å². The predicted octanol–water partition coefficient (Wildman–Crippen LogP) is 2.60. The van der Waals surface area contributed by atoms with E-state index in [9.17, 15) is 4.79 Å². The summed E-state index contributed by atoms with van der Waals surface area (Å²) in [6, 6.07) is 8.09. The van der Waals surface area contributed by atoms with Crippen LogP contribution in [-0.2, 0) is 11.3 Å². The maximum absolute atomic E-state index is 11.7. The Bertz CT molecular complexity index is 529. The molecule has 2 rings (SSSR count). The molecule has 0 aliphatic heterocycles. The van der Waals surface area contributed by atoms with E-state index in [2.05, 4.69) is 31.6 Å². The van der Waals surface area contributed by atoms with Crippen LogP contribution in [0.25, 0.3) is 0 Å². The molecule has 1 saturated carbocycles. The Kier molecular flexibility index (Phi) is 8.90. The highest BCUT2D eigenvalue weighted by molar-refractivity contribution is 14.0. The number of hydrogen-bond donors (Lipinski definition) is 2. The highest BCUT2D eigenvalue weighted by Gasteiger charge is 2.21.